The smallest absolute Gasteiger partial charge is 0.326 e. The fourth-order valence-corrected chi connectivity index (χ4v) is 3.50. The maximum Gasteiger partial charge on any atom is 0.326 e. The SMILES string of the molecule is CC(C)[C@H](NC(=O)[C@@H](N)Cc1c[nH]cn1)C(=O)N[C@@H](Cc1c[nH]c2ccccc12)C(=O)O.Cl.Cl. The molecule has 3 aromatic rings. The van der Waals surface area contributed by atoms with Crippen molar-refractivity contribution in [3.8, 4) is 0 Å². The summed E-state index contributed by atoms with van der Waals surface area (Å²) in [5.41, 5.74) is 8.24. The molecule has 186 valence electrons. The zero-order valence-corrected chi connectivity index (χ0v) is 20.4. The molecular weight excluding hydrogens is 483 g/mol. The third-order valence-electron chi connectivity index (χ3n) is 5.28. The number of carboxylic acids is 1. The van der Waals surface area contributed by atoms with Gasteiger partial charge in [0.25, 0.3) is 0 Å². The Morgan fingerprint density at radius 2 is 1.76 bits per heavy atom. The molecule has 0 fully saturated rings. The number of imidazole rings is 1. The third kappa shape index (κ3) is 7.21. The van der Waals surface area contributed by atoms with Gasteiger partial charge in [-0.3, -0.25) is 9.59 Å². The molecule has 0 aliphatic rings. The van der Waals surface area contributed by atoms with Crippen LogP contribution in [0.1, 0.15) is 25.1 Å². The van der Waals surface area contributed by atoms with E-state index in [0.29, 0.717) is 5.69 Å². The van der Waals surface area contributed by atoms with E-state index in [-0.39, 0.29) is 43.6 Å². The Morgan fingerprint density at radius 1 is 1.06 bits per heavy atom. The fraction of sp³-hybridized carbons (Fsp3) is 0.364. The minimum atomic E-state index is -1.16. The molecule has 2 aromatic heterocycles. The number of hydrogen-bond donors (Lipinski definition) is 6. The van der Waals surface area contributed by atoms with Gasteiger partial charge >= 0.3 is 5.97 Å². The molecule has 34 heavy (non-hydrogen) atoms. The summed E-state index contributed by atoms with van der Waals surface area (Å²) in [6, 6.07) is 4.55. The monoisotopic (exact) mass is 512 g/mol. The van der Waals surface area contributed by atoms with Crippen molar-refractivity contribution < 1.29 is 19.5 Å². The molecular formula is C22H30Cl2N6O4. The number of aromatic amines is 2. The second kappa shape index (κ2) is 13.0. The summed E-state index contributed by atoms with van der Waals surface area (Å²) < 4.78 is 0. The number of benzene rings is 1. The molecule has 0 saturated carbocycles. The predicted molar refractivity (Wildman–Crippen MR) is 133 cm³/mol. The molecule has 1 aromatic carbocycles. The van der Waals surface area contributed by atoms with Gasteiger partial charge in [-0.2, -0.15) is 0 Å². The lowest BCUT2D eigenvalue weighted by atomic mass is 10.0. The van der Waals surface area contributed by atoms with E-state index in [1.807, 2.05) is 24.3 Å². The first-order valence-electron chi connectivity index (χ1n) is 10.4. The van der Waals surface area contributed by atoms with Crippen molar-refractivity contribution in [3.05, 3.63) is 54.2 Å². The summed E-state index contributed by atoms with van der Waals surface area (Å²) in [7, 11) is 0. The van der Waals surface area contributed by atoms with Crippen LogP contribution >= 0.6 is 24.8 Å². The van der Waals surface area contributed by atoms with Crippen LogP contribution in [-0.4, -0.2) is 56.0 Å². The highest BCUT2D eigenvalue weighted by molar-refractivity contribution is 5.92. The Hall–Kier alpha value is -3.08. The third-order valence-corrected chi connectivity index (χ3v) is 5.28. The highest BCUT2D eigenvalue weighted by Gasteiger charge is 2.30. The molecule has 2 amide bonds. The zero-order valence-electron chi connectivity index (χ0n) is 18.8. The van der Waals surface area contributed by atoms with Crippen LogP contribution < -0.4 is 16.4 Å². The van der Waals surface area contributed by atoms with Crippen molar-refractivity contribution in [2.75, 3.05) is 0 Å². The lowest BCUT2D eigenvalue weighted by Gasteiger charge is -2.25. The van der Waals surface area contributed by atoms with Gasteiger partial charge in [0.05, 0.1) is 18.1 Å². The summed E-state index contributed by atoms with van der Waals surface area (Å²) in [4.78, 5) is 47.2. The number of para-hydroxylation sites is 1. The summed E-state index contributed by atoms with van der Waals surface area (Å²) in [6.07, 6.45) is 5.18. The second-order valence-electron chi connectivity index (χ2n) is 8.06. The van der Waals surface area contributed by atoms with Crippen molar-refractivity contribution in [2.45, 2.75) is 44.8 Å². The first-order chi connectivity index (χ1) is 15.3. The van der Waals surface area contributed by atoms with Gasteiger partial charge in [-0.1, -0.05) is 32.0 Å². The number of carbonyl (C=O) groups is 3. The van der Waals surface area contributed by atoms with Gasteiger partial charge in [0, 0.05) is 36.1 Å². The van der Waals surface area contributed by atoms with E-state index in [1.165, 1.54) is 6.33 Å². The molecule has 0 saturated heterocycles. The molecule has 12 heteroatoms. The number of H-pyrrole nitrogens is 2. The number of carboxylic acid groups (broad SMARTS) is 1. The molecule has 0 aliphatic heterocycles. The highest BCUT2D eigenvalue weighted by atomic mass is 35.5. The van der Waals surface area contributed by atoms with Gasteiger partial charge in [-0.25, -0.2) is 9.78 Å². The number of amides is 2. The van der Waals surface area contributed by atoms with Gasteiger partial charge in [0.2, 0.25) is 11.8 Å². The van der Waals surface area contributed by atoms with E-state index in [9.17, 15) is 19.5 Å². The number of aromatic nitrogens is 3. The van der Waals surface area contributed by atoms with E-state index < -0.39 is 35.9 Å². The molecule has 0 unspecified atom stereocenters. The molecule has 0 aliphatic carbocycles. The standard InChI is InChI=1S/C22H28N6O4.2ClH/c1-12(2)19(28-20(29)16(23)8-14-10-24-11-26-14)21(30)27-18(22(31)32)7-13-9-25-17-6-4-3-5-15(13)17;;/h3-6,9-12,16,18-19,25H,7-8,23H2,1-2H3,(H,24,26)(H,27,30)(H,28,29)(H,31,32);2*1H/t16-,18-,19-;;/m0../s1. The van der Waals surface area contributed by atoms with Crippen molar-refractivity contribution in [2.24, 2.45) is 11.7 Å². The van der Waals surface area contributed by atoms with Crippen molar-refractivity contribution in [3.63, 3.8) is 0 Å². The average molecular weight is 513 g/mol. The van der Waals surface area contributed by atoms with E-state index in [4.69, 9.17) is 5.73 Å². The van der Waals surface area contributed by atoms with E-state index in [1.54, 1.807) is 26.2 Å². The van der Waals surface area contributed by atoms with Gasteiger partial charge in [0.15, 0.2) is 0 Å². The minimum absolute atomic E-state index is 0. The number of carbonyl (C=O) groups excluding carboxylic acids is 2. The van der Waals surface area contributed by atoms with Crippen LogP contribution in [0.25, 0.3) is 10.9 Å². The van der Waals surface area contributed by atoms with Crippen LogP contribution in [-0.2, 0) is 27.2 Å². The minimum Gasteiger partial charge on any atom is -0.480 e. The van der Waals surface area contributed by atoms with Crippen LogP contribution in [0.3, 0.4) is 0 Å². The van der Waals surface area contributed by atoms with Crippen molar-refractivity contribution in [1.29, 1.82) is 0 Å². The van der Waals surface area contributed by atoms with E-state index >= 15 is 0 Å². The molecule has 0 spiro atoms. The number of hydrogen-bond acceptors (Lipinski definition) is 5. The quantitative estimate of drug-likeness (QED) is 0.241. The van der Waals surface area contributed by atoms with Crippen LogP contribution in [0.2, 0.25) is 0 Å². The number of nitrogens with two attached hydrogens (primary N) is 1. The number of nitrogens with one attached hydrogen (secondary N) is 4. The summed E-state index contributed by atoms with van der Waals surface area (Å²) in [5.74, 6) is -2.52. The normalized spacial score (nSPS) is 13.3. The summed E-state index contributed by atoms with van der Waals surface area (Å²) in [5, 5.41) is 15.8. The largest absolute Gasteiger partial charge is 0.480 e. The second-order valence-corrected chi connectivity index (χ2v) is 8.06. The molecule has 0 radical (unpaired) electrons. The highest BCUT2D eigenvalue weighted by Crippen LogP contribution is 2.19. The van der Waals surface area contributed by atoms with Gasteiger partial charge in [-0.15, -0.1) is 24.8 Å². The van der Waals surface area contributed by atoms with Crippen molar-refractivity contribution in [1.82, 2.24) is 25.6 Å². The number of nitrogens with zero attached hydrogens (tertiary/aromatic N) is 1. The van der Waals surface area contributed by atoms with Crippen LogP contribution in [0.4, 0.5) is 0 Å². The van der Waals surface area contributed by atoms with Gasteiger partial charge < -0.3 is 31.4 Å². The lowest BCUT2D eigenvalue weighted by molar-refractivity contribution is -0.142. The predicted octanol–water partition coefficient (Wildman–Crippen LogP) is 1.56. The van der Waals surface area contributed by atoms with Crippen molar-refractivity contribution >= 4 is 53.5 Å². The zero-order chi connectivity index (χ0) is 23.3. The molecule has 10 nitrogen and oxygen atoms in total. The Kier molecular flexibility index (Phi) is 11.0. The Labute approximate surface area is 209 Å². The Balaban J connectivity index is 0.00000289. The van der Waals surface area contributed by atoms with E-state index in [0.717, 1.165) is 16.5 Å². The number of fused-ring (bicyclic) bond motifs is 1. The first-order valence-corrected chi connectivity index (χ1v) is 10.4. The first kappa shape index (κ1) is 29.0. The Morgan fingerprint density at radius 3 is 2.38 bits per heavy atom. The molecule has 2 heterocycles. The fourth-order valence-electron chi connectivity index (χ4n) is 3.50. The van der Waals surface area contributed by atoms with Gasteiger partial charge in [0.1, 0.15) is 12.1 Å². The molecule has 3 atom stereocenters. The van der Waals surface area contributed by atoms with Crippen LogP contribution in [0, 0.1) is 5.92 Å². The van der Waals surface area contributed by atoms with Crippen LogP contribution in [0.15, 0.2) is 43.0 Å². The van der Waals surface area contributed by atoms with E-state index in [2.05, 4.69) is 25.6 Å². The maximum atomic E-state index is 12.9. The Bertz CT molecular complexity index is 1090. The molecule has 3 rings (SSSR count). The van der Waals surface area contributed by atoms with Gasteiger partial charge in [-0.05, 0) is 17.5 Å². The number of rotatable bonds is 10. The summed E-state index contributed by atoms with van der Waals surface area (Å²) >= 11 is 0. The van der Waals surface area contributed by atoms with Crippen LogP contribution in [0.5, 0.6) is 0 Å². The topological polar surface area (TPSA) is 166 Å². The number of aliphatic carboxylic acids is 1. The molecule has 0 bridgehead atoms. The number of halogens is 2. The lowest BCUT2D eigenvalue weighted by Crippen LogP contribution is -2.56. The summed E-state index contributed by atoms with van der Waals surface area (Å²) in [6.45, 7) is 3.53. The maximum absolute atomic E-state index is 12.9. The average Bonchev–Trinajstić information content (AvgIpc) is 3.41. The molecule has 7 N–H and O–H groups in total.